The number of carbonyl (C=O) groups excluding carboxylic acids is 2. The van der Waals surface area contributed by atoms with Crippen molar-refractivity contribution in [2.45, 2.75) is 0 Å². The number of benzene rings is 2. The summed E-state index contributed by atoms with van der Waals surface area (Å²) in [6.45, 7) is -0.576. The lowest BCUT2D eigenvalue weighted by Gasteiger charge is -2.11. The van der Waals surface area contributed by atoms with Crippen LogP contribution in [-0.4, -0.2) is 33.4 Å². The number of aromatic nitrogens is 2. The number of pyridine rings is 2. The van der Waals surface area contributed by atoms with E-state index < -0.39 is 23.4 Å². The van der Waals surface area contributed by atoms with Crippen molar-refractivity contribution in [2.75, 3.05) is 11.9 Å². The van der Waals surface area contributed by atoms with E-state index in [9.17, 15) is 19.7 Å². The summed E-state index contributed by atoms with van der Waals surface area (Å²) in [5.74, 6) is -1.35. The lowest BCUT2D eigenvalue weighted by molar-refractivity contribution is -0.384. The zero-order valence-electron chi connectivity index (χ0n) is 16.9. The van der Waals surface area contributed by atoms with Crippen molar-refractivity contribution in [2.24, 2.45) is 0 Å². The molecule has 1 amide bonds. The van der Waals surface area contributed by atoms with Gasteiger partial charge in [0.1, 0.15) is 0 Å². The lowest BCUT2D eigenvalue weighted by Crippen LogP contribution is -2.21. The van der Waals surface area contributed by atoms with Crippen LogP contribution in [-0.2, 0) is 9.53 Å². The largest absolute Gasteiger partial charge is 0.452 e. The Morgan fingerprint density at radius 1 is 1.06 bits per heavy atom. The zero-order valence-corrected chi connectivity index (χ0v) is 17.7. The van der Waals surface area contributed by atoms with Crippen molar-refractivity contribution in [3.8, 4) is 11.3 Å². The van der Waals surface area contributed by atoms with Crippen LogP contribution < -0.4 is 5.32 Å². The van der Waals surface area contributed by atoms with Gasteiger partial charge in [0, 0.05) is 35.5 Å². The molecule has 10 heteroatoms. The minimum absolute atomic E-state index is 0.00834. The van der Waals surface area contributed by atoms with Crippen LogP contribution in [0.2, 0.25) is 5.02 Å². The average Bonchev–Trinajstić information content (AvgIpc) is 2.83. The van der Waals surface area contributed by atoms with E-state index >= 15 is 0 Å². The molecule has 0 radical (unpaired) electrons. The van der Waals surface area contributed by atoms with E-state index in [0.29, 0.717) is 16.6 Å². The Morgan fingerprint density at radius 2 is 1.82 bits per heavy atom. The van der Waals surface area contributed by atoms with E-state index in [1.54, 1.807) is 48.8 Å². The number of halogens is 1. The fourth-order valence-electron chi connectivity index (χ4n) is 3.13. The molecule has 2 aromatic carbocycles. The first-order valence-corrected chi connectivity index (χ1v) is 10.0. The van der Waals surface area contributed by atoms with Gasteiger partial charge in [-0.2, -0.15) is 0 Å². The predicted octanol–water partition coefficient (Wildman–Crippen LogP) is 4.65. The monoisotopic (exact) mass is 462 g/mol. The van der Waals surface area contributed by atoms with E-state index in [1.807, 2.05) is 6.07 Å². The van der Waals surface area contributed by atoms with Gasteiger partial charge >= 0.3 is 5.97 Å². The van der Waals surface area contributed by atoms with Crippen molar-refractivity contribution in [1.82, 2.24) is 9.97 Å². The van der Waals surface area contributed by atoms with Gasteiger partial charge < -0.3 is 10.1 Å². The standard InChI is InChI=1S/C23H15ClN4O5/c24-18-11-15(28(31)32)5-6-20(18)27-22(29)13-33-23(30)17-12-21(14-7-9-25-10-8-14)26-19-4-2-1-3-16(17)19/h1-12H,13H2,(H,27,29). The van der Waals surface area contributed by atoms with Crippen LogP contribution in [0.3, 0.4) is 0 Å². The molecule has 33 heavy (non-hydrogen) atoms. The number of nitro groups is 1. The van der Waals surface area contributed by atoms with E-state index in [1.165, 1.54) is 12.1 Å². The number of carbonyl (C=O) groups is 2. The molecule has 0 saturated heterocycles. The first-order valence-electron chi connectivity index (χ1n) is 9.63. The topological polar surface area (TPSA) is 124 Å². The van der Waals surface area contributed by atoms with E-state index in [4.69, 9.17) is 16.3 Å². The predicted molar refractivity (Wildman–Crippen MR) is 122 cm³/mol. The van der Waals surface area contributed by atoms with Gasteiger partial charge in [-0.15, -0.1) is 0 Å². The number of ether oxygens (including phenoxy) is 1. The van der Waals surface area contributed by atoms with Gasteiger partial charge in [-0.05, 0) is 30.3 Å². The van der Waals surface area contributed by atoms with Crippen molar-refractivity contribution >= 4 is 45.8 Å². The molecule has 0 aliphatic carbocycles. The van der Waals surface area contributed by atoms with Crippen LogP contribution in [0.15, 0.2) is 73.1 Å². The Balaban J connectivity index is 1.52. The summed E-state index contributed by atoms with van der Waals surface area (Å²) in [7, 11) is 0. The van der Waals surface area contributed by atoms with Crippen molar-refractivity contribution in [3.63, 3.8) is 0 Å². The summed E-state index contributed by atoms with van der Waals surface area (Å²) in [5, 5.41) is 13.8. The minimum atomic E-state index is -0.700. The fraction of sp³-hybridized carbons (Fsp3) is 0.0435. The molecule has 0 saturated carbocycles. The third kappa shape index (κ3) is 4.94. The van der Waals surface area contributed by atoms with E-state index in [0.717, 1.165) is 11.6 Å². The smallest absolute Gasteiger partial charge is 0.339 e. The number of amides is 1. The quantitative estimate of drug-likeness (QED) is 0.251. The third-order valence-electron chi connectivity index (χ3n) is 4.68. The molecule has 0 aliphatic heterocycles. The Labute approximate surface area is 192 Å². The number of esters is 1. The van der Waals surface area contributed by atoms with Gasteiger partial charge in [0.05, 0.1) is 32.4 Å². The number of anilines is 1. The molecule has 0 bridgehead atoms. The van der Waals surface area contributed by atoms with Gasteiger partial charge in [0.2, 0.25) is 0 Å². The highest BCUT2D eigenvalue weighted by Gasteiger charge is 2.17. The molecular formula is C23H15ClN4O5. The minimum Gasteiger partial charge on any atom is -0.452 e. The summed E-state index contributed by atoms with van der Waals surface area (Å²) >= 11 is 5.98. The normalized spacial score (nSPS) is 10.6. The Morgan fingerprint density at radius 3 is 2.55 bits per heavy atom. The number of para-hydroxylation sites is 1. The second-order valence-corrected chi connectivity index (χ2v) is 7.26. The number of hydrogen-bond acceptors (Lipinski definition) is 7. The molecule has 0 aliphatic rings. The molecule has 0 fully saturated rings. The van der Waals surface area contributed by atoms with Crippen LogP contribution in [0.25, 0.3) is 22.2 Å². The molecule has 0 spiro atoms. The van der Waals surface area contributed by atoms with E-state index in [-0.39, 0.29) is 22.0 Å². The average molecular weight is 463 g/mol. The number of fused-ring (bicyclic) bond motifs is 1. The van der Waals surface area contributed by atoms with Crippen molar-refractivity contribution in [3.05, 3.63) is 93.8 Å². The highest BCUT2D eigenvalue weighted by Crippen LogP contribution is 2.27. The van der Waals surface area contributed by atoms with Crippen LogP contribution in [0.5, 0.6) is 0 Å². The molecule has 4 rings (SSSR count). The Hall–Kier alpha value is -4.37. The molecule has 9 nitrogen and oxygen atoms in total. The first-order chi connectivity index (χ1) is 15.9. The summed E-state index contributed by atoms with van der Waals surface area (Å²) in [6, 6.07) is 15.9. The van der Waals surface area contributed by atoms with Crippen LogP contribution in [0, 0.1) is 10.1 Å². The van der Waals surface area contributed by atoms with Gasteiger partial charge in [-0.25, -0.2) is 9.78 Å². The van der Waals surface area contributed by atoms with Gasteiger partial charge in [0.25, 0.3) is 11.6 Å². The second kappa shape index (κ2) is 9.41. The second-order valence-electron chi connectivity index (χ2n) is 6.85. The van der Waals surface area contributed by atoms with Crippen molar-refractivity contribution in [1.29, 1.82) is 0 Å². The van der Waals surface area contributed by atoms with Crippen molar-refractivity contribution < 1.29 is 19.2 Å². The molecule has 4 aromatic rings. The summed E-state index contributed by atoms with van der Waals surface area (Å²) < 4.78 is 5.22. The molecule has 2 heterocycles. The molecule has 164 valence electrons. The number of non-ortho nitro benzene ring substituents is 1. The summed E-state index contributed by atoms with van der Waals surface area (Å²) in [5.41, 5.74) is 2.15. The van der Waals surface area contributed by atoms with Crippen LogP contribution in [0.1, 0.15) is 10.4 Å². The molecule has 0 atom stereocenters. The maximum atomic E-state index is 12.8. The number of nitrogens with zero attached hydrogens (tertiary/aromatic N) is 3. The zero-order chi connectivity index (χ0) is 23.4. The van der Waals surface area contributed by atoms with Gasteiger partial charge in [0.15, 0.2) is 6.61 Å². The highest BCUT2D eigenvalue weighted by molar-refractivity contribution is 6.34. The third-order valence-corrected chi connectivity index (χ3v) is 5.00. The highest BCUT2D eigenvalue weighted by atomic mass is 35.5. The molecule has 0 unspecified atom stereocenters. The molecular weight excluding hydrogens is 448 g/mol. The van der Waals surface area contributed by atoms with Gasteiger partial charge in [-0.1, -0.05) is 29.8 Å². The first kappa shape index (κ1) is 21.8. The fourth-order valence-corrected chi connectivity index (χ4v) is 3.35. The van der Waals surface area contributed by atoms with Gasteiger partial charge in [-0.3, -0.25) is 19.9 Å². The molecule has 1 N–H and O–H groups in total. The molecule has 2 aromatic heterocycles. The SMILES string of the molecule is O=C(COC(=O)c1cc(-c2ccncc2)nc2ccccc12)Nc1ccc([N+](=O)[O-])cc1Cl. The maximum Gasteiger partial charge on any atom is 0.339 e. The van der Waals surface area contributed by atoms with E-state index in [2.05, 4.69) is 15.3 Å². The Bertz CT molecular complexity index is 1380. The summed E-state index contributed by atoms with van der Waals surface area (Å²) in [4.78, 5) is 43.9. The number of hydrogen-bond donors (Lipinski definition) is 1. The summed E-state index contributed by atoms with van der Waals surface area (Å²) in [6.07, 6.45) is 3.25. The number of nitro benzene ring substituents is 1. The number of nitrogens with one attached hydrogen (secondary N) is 1. The van der Waals surface area contributed by atoms with Crippen LogP contribution in [0.4, 0.5) is 11.4 Å². The van der Waals surface area contributed by atoms with Crippen LogP contribution >= 0.6 is 11.6 Å². The lowest BCUT2D eigenvalue weighted by atomic mass is 10.0. The Kier molecular flexibility index (Phi) is 6.23. The number of rotatable bonds is 6. The maximum absolute atomic E-state index is 12.8.